The molecular weight excluding hydrogens is 416 g/mol. The summed E-state index contributed by atoms with van der Waals surface area (Å²) in [5.74, 6) is -0.625. The number of carbonyl (C=O) groups excluding carboxylic acids is 2. The summed E-state index contributed by atoms with van der Waals surface area (Å²) in [5, 5.41) is -1.04. The molecule has 0 aromatic rings. The molecule has 0 aromatic carbocycles. The average Bonchev–Trinajstić information content (AvgIpc) is 2.70. The third-order valence-electron chi connectivity index (χ3n) is 4.86. The number of hydrogen-bond acceptors (Lipinski definition) is 7. The molecule has 172 valence electrons. The Balaban J connectivity index is 4.66. The first-order valence-corrected chi connectivity index (χ1v) is 12.5. The minimum Gasteiger partial charge on any atom is -0.465 e. The van der Waals surface area contributed by atoms with Gasteiger partial charge in [-0.15, -0.1) is 0 Å². The quantitative estimate of drug-likeness (QED) is 0.174. The largest absolute Gasteiger partial charge is 0.465 e. The van der Waals surface area contributed by atoms with Gasteiger partial charge in [-0.05, 0) is 24.7 Å². The molecule has 0 aliphatic rings. The molecule has 7 nitrogen and oxygen atoms in total. The van der Waals surface area contributed by atoms with E-state index in [4.69, 9.17) is 14.0 Å². The van der Waals surface area contributed by atoms with Crippen LogP contribution in [0.1, 0.15) is 85.5 Å². The highest BCUT2D eigenvalue weighted by Gasteiger charge is 2.28. The molecule has 9 heteroatoms. The number of hydrogen-bond donors (Lipinski definition) is 1. The van der Waals surface area contributed by atoms with Gasteiger partial charge >= 0.3 is 23.3 Å². The van der Waals surface area contributed by atoms with Gasteiger partial charge in [0.1, 0.15) is 5.25 Å². The van der Waals surface area contributed by atoms with Gasteiger partial charge < -0.3 is 9.47 Å². The molecule has 4 unspecified atom stereocenters. The fourth-order valence-corrected chi connectivity index (χ4v) is 3.75. The summed E-state index contributed by atoms with van der Waals surface area (Å²) in [4.78, 5) is 24.6. The Morgan fingerprint density at radius 3 is 1.90 bits per heavy atom. The van der Waals surface area contributed by atoms with E-state index in [0.717, 1.165) is 51.4 Å². The second-order valence-corrected chi connectivity index (χ2v) is 8.96. The highest BCUT2D eigenvalue weighted by atomic mass is 32.3. The normalized spacial score (nSPS) is 15.3. The van der Waals surface area contributed by atoms with E-state index in [9.17, 15) is 13.8 Å². The van der Waals surface area contributed by atoms with Gasteiger partial charge in [-0.25, -0.2) is 0 Å². The number of rotatable bonds is 18. The Morgan fingerprint density at radius 2 is 1.45 bits per heavy atom. The van der Waals surface area contributed by atoms with Crippen molar-refractivity contribution in [2.24, 2.45) is 11.8 Å². The van der Waals surface area contributed by atoms with Crippen LogP contribution in [0.2, 0.25) is 0 Å². The molecule has 0 amide bonds. The van der Waals surface area contributed by atoms with Crippen LogP contribution < -0.4 is 0 Å². The van der Waals surface area contributed by atoms with Gasteiger partial charge in [0.2, 0.25) is 0 Å². The van der Waals surface area contributed by atoms with Crippen LogP contribution in [-0.2, 0) is 34.1 Å². The molecule has 0 aliphatic heterocycles. The van der Waals surface area contributed by atoms with E-state index in [2.05, 4.69) is 24.4 Å². The zero-order valence-corrected chi connectivity index (χ0v) is 19.9. The van der Waals surface area contributed by atoms with Crippen LogP contribution >= 0.6 is 12.0 Å². The van der Waals surface area contributed by atoms with E-state index < -0.39 is 28.5 Å². The maximum Gasteiger partial charge on any atom is 0.322 e. The lowest BCUT2D eigenvalue weighted by Gasteiger charge is -2.18. The molecule has 0 rings (SSSR count). The fourth-order valence-electron chi connectivity index (χ4n) is 2.75. The van der Waals surface area contributed by atoms with Crippen LogP contribution in [0.15, 0.2) is 0 Å². The molecule has 4 atom stereocenters. The molecule has 0 saturated carbocycles. The van der Waals surface area contributed by atoms with Crippen molar-refractivity contribution in [3.8, 4) is 0 Å². The second kappa shape index (κ2) is 18.2. The Labute approximate surface area is 182 Å². The molecule has 0 aromatic heterocycles. The average molecular weight is 455 g/mol. The van der Waals surface area contributed by atoms with Gasteiger partial charge in [-0.3, -0.25) is 14.1 Å². The summed E-state index contributed by atoms with van der Waals surface area (Å²) in [6, 6.07) is 0. The van der Waals surface area contributed by atoms with E-state index in [1.165, 1.54) is 0 Å². The van der Waals surface area contributed by atoms with E-state index in [0.29, 0.717) is 24.6 Å². The molecule has 29 heavy (non-hydrogen) atoms. The van der Waals surface area contributed by atoms with E-state index in [-0.39, 0.29) is 18.9 Å². The lowest BCUT2D eigenvalue weighted by atomic mass is 10.0. The van der Waals surface area contributed by atoms with Crippen LogP contribution in [0.4, 0.5) is 0 Å². The molecular formula is C20H38O7S2. The summed E-state index contributed by atoms with van der Waals surface area (Å²) in [7, 11) is 0. The van der Waals surface area contributed by atoms with Crippen molar-refractivity contribution in [3.05, 3.63) is 0 Å². The van der Waals surface area contributed by atoms with E-state index >= 15 is 0 Å². The van der Waals surface area contributed by atoms with Crippen molar-refractivity contribution in [3.63, 3.8) is 0 Å². The fraction of sp³-hybridized carbons (Fsp3) is 0.900. The second-order valence-electron chi connectivity index (χ2n) is 7.22. The molecule has 0 fully saturated rings. The number of unbranched alkanes of at least 4 members (excludes halogenated alkanes) is 2. The standard InChI is InChI=1S/C20H38O7S2/c1-5-9-11-16(7-3)14-25-19(21)13-18(28-27-29(23)24)20(22)26-15-17(8-4)12-10-6-2/h16-18H,5-15H2,1-4H3,(H,23,24). The Morgan fingerprint density at radius 1 is 0.931 bits per heavy atom. The molecule has 0 saturated heterocycles. The molecule has 0 spiro atoms. The van der Waals surface area contributed by atoms with Gasteiger partial charge in [0.15, 0.2) is 0 Å². The summed E-state index contributed by atoms with van der Waals surface area (Å²) in [5.41, 5.74) is 0. The van der Waals surface area contributed by atoms with Crippen molar-refractivity contribution in [1.82, 2.24) is 0 Å². The minimum atomic E-state index is -2.55. The van der Waals surface area contributed by atoms with Gasteiger partial charge in [0, 0.05) is 12.0 Å². The van der Waals surface area contributed by atoms with Crippen molar-refractivity contribution in [2.75, 3.05) is 13.2 Å². The maximum absolute atomic E-state index is 12.4. The lowest BCUT2D eigenvalue weighted by Crippen LogP contribution is -2.27. The van der Waals surface area contributed by atoms with Crippen LogP contribution in [-0.4, -0.2) is 39.2 Å². The topological polar surface area (TPSA) is 99.1 Å². The van der Waals surface area contributed by atoms with Crippen LogP contribution in [0.5, 0.6) is 0 Å². The zero-order chi connectivity index (χ0) is 22.1. The third-order valence-corrected chi connectivity index (χ3v) is 6.23. The number of esters is 2. The SMILES string of the molecule is CCCCC(CC)COC(=O)CC(SOS(=O)O)C(=O)OCC(CC)CCCC. The summed E-state index contributed by atoms with van der Waals surface area (Å²) in [6.07, 6.45) is 7.78. The molecule has 0 heterocycles. The summed E-state index contributed by atoms with van der Waals surface area (Å²) < 4.78 is 34.9. The number of carbonyl (C=O) groups is 2. The molecule has 1 N–H and O–H groups in total. The summed E-state index contributed by atoms with van der Waals surface area (Å²) in [6.45, 7) is 8.88. The predicted octanol–water partition coefficient (Wildman–Crippen LogP) is 5.07. The minimum absolute atomic E-state index is 0.258. The van der Waals surface area contributed by atoms with Crippen LogP contribution in [0.25, 0.3) is 0 Å². The predicted molar refractivity (Wildman–Crippen MR) is 116 cm³/mol. The van der Waals surface area contributed by atoms with Gasteiger partial charge in [-0.2, -0.15) is 7.84 Å². The summed E-state index contributed by atoms with van der Waals surface area (Å²) >= 11 is -2.08. The third kappa shape index (κ3) is 14.9. The number of ether oxygens (including phenoxy) is 2. The van der Waals surface area contributed by atoms with Crippen LogP contribution in [0.3, 0.4) is 0 Å². The highest BCUT2D eigenvalue weighted by Crippen LogP contribution is 2.22. The molecule has 0 bridgehead atoms. The van der Waals surface area contributed by atoms with Gasteiger partial charge in [0.25, 0.3) is 0 Å². The Kier molecular flexibility index (Phi) is 17.8. The zero-order valence-electron chi connectivity index (χ0n) is 18.2. The monoisotopic (exact) mass is 454 g/mol. The lowest BCUT2D eigenvalue weighted by molar-refractivity contribution is -0.151. The molecule has 0 radical (unpaired) electrons. The first-order chi connectivity index (χ1) is 13.9. The maximum atomic E-state index is 12.4. The molecule has 0 aliphatic carbocycles. The Bertz CT molecular complexity index is 474. The van der Waals surface area contributed by atoms with Crippen LogP contribution in [0, 0.1) is 11.8 Å². The van der Waals surface area contributed by atoms with Crippen molar-refractivity contribution in [2.45, 2.75) is 90.7 Å². The van der Waals surface area contributed by atoms with Crippen molar-refractivity contribution >= 4 is 35.3 Å². The van der Waals surface area contributed by atoms with E-state index in [1.807, 2.05) is 6.92 Å². The van der Waals surface area contributed by atoms with Crippen molar-refractivity contribution < 1.29 is 31.5 Å². The van der Waals surface area contributed by atoms with Gasteiger partial charge in [-0.1, -0.05) is 66.2 Å². The Hall–Kier alpha value is -0.640. The van der Waals surface area contributed by atoms with Crippen molar-refractivity contribution in [1.29, 1.82) is 0 Å². The van der Waals surface area contributed by atoms with Gasteiger partial charge in [0.05, 0.1) is 19.6 Å². The first-order valence-electron chi connectivity index (χ1n) is 10.6. The first kappa shape index (κ1) is 28.4. The highest BCUT2D eigenvalue weighted by molar-refractivity contribution is 8.02. The smallest absolute Gasteiger partial charge is 0.322 e. The van der Waals surface area contributed by atoms with E-state index in [1.54, 1.807) is 0 Å².